The molecule has 0 radical (unpaired) electrons. The molecule has 6 rings (SSSR count). The van der Waals surface area contributed by atoms with E-state index in [1.165, 1.54) is 0 Å². The van der Waals surface area contributed by atoms with Gasteiger partial charge in [0.25, 0.3) is 0 Å². The summed E-state index contributed by atoms with van der Waals surface area (Å²) >= 11 is 0. The molecule has 0 fully saturated rings. The molecule has 172 valence electrons. The monoisotopic (exact) mass is 460 g/mol. The third-order valence-corrected chi connectivity index (χ3v) is 6.32. The van der Waals surface area contributed by atoms with Crippen molar-refractivity contribution in [3.05, 3.63) is 102 Å². The molecule has 0 bridgehead atoms. The third kappa shape index (κ3) is 3.77. The van der Waals surface area contributed by atoms with Crippen LogP contribution in [0.2, 0.25) is 0 Å². The first kappa shape index (κ1) is 20.9. The third-order valence-electron chi connectivity index (χ3n) is 6.32. The van der Waals surface area contributed by atoms with Crippen LogP contribution in [0.5, 0.6) is 0 Å². The molecule has 3 heterocycles. The van der Waals surface area contributed by atoms with Crippen molar-refractivity contribution in [1.29, 1.82) is 0 Å². The number of nitrogens with zero attached hydrogens (tertiary/aromatic N) is 4. The zero-order valence-corrected chi connectivity index (χ0v) is 19.4. The quantitative estimate of drug-likeness (QED) is 0.334. The highest BCUT2D eigenvalue weighted by atomic mass is 16.3. The molecule has 0 amide bonds. The summed E-state index contributed by atoms with van der Waals surface area (Å²) in [4.78, 5) is 9.15. The fraction of sp³-hybridized carbons (Fsp3) is 0.107. The lowest BCUT2D eigenvalue weighted by atomic mass is 10.0. The van der Waals surface area contributed by atoms with Crippen molar-refractivity contribution in [3.8, 4) is 11.4 Å². The number of pyridine rings is 1. The van der Waals surface area contributed by atoms with E-state index in [9.17, 15) is 0 Å². The highest BCUT2D eigenvalue weighted by Gasteiger charge is 2.23. The molecule has 3 aromatic heterocycles. The van der Waals surface area contributed by atoms with E-state index < -0.39 is 0 Å². The van der Waals surface area contributed by atoms with Gasteiger partial charge in [-0.2, -0.15) is 5.10 Å². The molecule has 7 nitrogen and oxygen atoms in total. The smallest absolute Gasteiger partial charge is 0.181 e. The summed E-state index contributed by atoms with van der Waals surface area (Å²) in [6.07, 6.45) is 3.51. The number of nitrogens with two attached hydrogens (primary N) is 1. The van der Waals surface area contributed by atoms with Crippen LogP contribution in [0.25, 0.3) is 33.1 Å². The minimum atomic E-state index is -0.250. The number of fused-ring (bicyclic) bond motifs is 2. The molecular weight excluding hydrogens is 436 g/mol. The number of aryl methyl sites for hydroxylation is 2. The van der Waals surface area contributed by atoms with Gasteiger partial charge in [0.1, 0.15) is 17.4 Å². The highest BCUT2D eigenvalue weighted by Crippen LogP contribution is 2.32. The lowest BCUT2D eigenvalue weighted by Gasteiger charge is -2.20. The van der Waals surface area contributed by atoms with Gasteiger partial charge in [0, 0.05) is 35.3 Å². The van der Waals surface area contributed by atoms with Crippen LogP contribution in [0.3, 0.4) is 0 Å². The Bertz CT molecular complexity index is 1670. The Kier molecular flexibility index (Phi) is 4.95. The average molecular weight is 461 g/mol. The Morgan fingerprint density at radius 3 is 2.69 bits per heavy atom. The van der Waals surface area contributed by atoms with E-state index in [2.05, 4.69) is 35.4 Å². The second-order valence-electron chi connectivity index (χ2n) is 8.67. The van der Waals surface area contributed by atoms with Crippen molar-refractivity contribution in [2.45, 2.75) is 13.0 Å². The molecule has 1 unspecified atom stereocenters. The molecule has 0 saturated heterocycles. The number of aromatic nitrogens is 4. The summed E-state index contributed by atoms with van der Waals surface area (Å²) in [5.41, 5.74) is 11.0. The van der Waals surface area contributed by atoms with Crippen LogP contribution < -0.4 is 11.1 Å². The molecule has 6 aromatic rings. The highest BCUT2D eigenvalue weighted by molar-refractivity contribution is 5.93. The number of rotatable bonds is 5. The predicted molar refractivity (Wildman–Crippen MR) is 139 cm³/mol. The van der Waals surface area contributed by atoms with Gasteiger partial charge >= 0.3 is 0 Å². The van der Waals surface area contributed by atoms with Crippen molar-refractivity contribution in [2.75, 3.05) is 11.1 Å². The molecule has 3 aromatic carbocycles. The first-order valence-corrected chi connectivity index (χ1v) is 11.4. The fourth-order valence-electron chi connectivity index (χ4n) is 4.47. The lowest BCUT2D eigenvalue weighted by molar-refractivity contribution is 0.613. The summed E-state index contributed by atoms with van der Waals surface area (Å²) in [5.74, 6) is 2.01. The van der Waals surface area contributed by atoms with Gasteiger partial charge in [0.15, 0.2) is 11.6 Å². The van der Waals surface area contributed by atoms with Crippen LogP contribution in [0.1, 0.15) is 23.0 Å². The molecule has 0 aliphatic heterocycles. The van der Waals surface area contributed by atoms with E-state index in [1.807, 2.05) is 66.3 Å². The van der Waals surface area contributed by atoms with E-state index in [4.69, 9.17) is 20.2 Å². The van der Waals surface area contributed by atoms with E-state index in [0.29, 0.717) is 11.6 Å². The number of nitrogen functional groups attached to an aromatic ring is 1. The average Bonchev–Trinajstić information content (AvgIpc) is 3.45. The van der Waals surface area contributed by atoms with Crippen LogP contribution >= 0.6 is 0 Å². The Balaban J connectivity index is 1.48. The molecular formula is C28H24N6O. The summed E-state index contributed by atoms with van der Waals surface area (Å²) in [6, 6.07) is 24.0. The van der Waals surface area contributed by atoms with Crippen LogP contribution in [0, 0.1) is 6.92 Å². The minimum Gasteiger partial charge on any atom is -0.464 e. The molecule has 35 heavy (non-hydrogen) atoms. The molecule has 7 heteroatoms. The molecule has 0 spiro atoms. The molecule has 3 N–H and O–H groups in total. The van der Waals surface area contributed by atoms with Gasteiger partial charge in [0.2, 0.25) is 0 Å². The summed E-state index contributed by atoms with van der Waals surface area (Å²) in [7, 11) is 1.93. The number of furan rings is 1. The summed E-state index contributed by atoms with van der Waals surface area (Å²) in [6.45, 7) is 2.05. The second-order valence-corrected chi connectivity index (χ2v) is 8.67. The van der Waals surface area contributed by atoms with Crippen molar-refractivity contribution < 1.29 is 4.42 Å². The van der Waals surface area contributed by atoms with Crippen molar-refractivity contribution >= 4 is 33.2 Å². The lowest BCUT2D eigenvalue weighted by Crippen LogP contribution is -2.17. The Morgan fingerprint density at radius 2 is 1.83 bits per heavy atom. The largest absolute Gasteiger partial charge is 0.464 e. The minimum absolute atomic E-state index is 0.250. The maximum atomic E-state index is 6.06. The Morgan fingerprint density at radius 1 is 0.971 bits per heavy atom. The second kappa shape index (κ2) is 8.29. The van der Waals surface area contributed by atoms with Crippen molar-refractivity contribution in [3.63, 3.8) is 0 Å². The molecule has 0 aliphatic carbocycles. The Hall–Kier alpha value is -4.65. The molecule has 0 saturated carbocycles. The zero-order chi connectivity index (χ0) is 23.9. The maximum absolute atomic E-state index is 6.06. The van der Waals surface area contributed by atoms with Crippen LogP contribution in [-0.4, -0.2) is 19.7 Å². The predicted octanol–water partition coefficient (Wildman–Crippen LogP) is 5.87. The Labute approximate surface area is 202 Å². The van der Waals surface area contributed by atoms with Crippen LogP contribution in [-0.2, 0) is 7.05 Å². The molecule has 1 atom stereocenters. The molecule has 0 aliphatic rings. The van der Waals surface area contributed by atoms with Crippen LogP contribution in [0.4, 0.5) is 11.5 Å². The summed E-state index contributed by atoms with van der Waals surface area (Å²) < 4.78 is 7.52. The number of benzene rings is 3. The standard InChI is InChI=1S/C28H24N6O/c1-17-16-35-24-11-8-20(15-23(17)24)25(28-32-27(33-34(28)2)18-6-4-3-5-7-18)31-21-9-10-22-19(14-21)12-13-30-26(22)29/h3-16,25,31H,1-2H3,(H2,29,30). The summed E-state index contributed by atoms with van der Waals surface area (Å²) in [5, 5.41) is 11.4. The number of nitrogens with one attached hydrogen (secondary N) is 1. The number of hydrogen-bond donors (Lipinski definition) is 2. The van der Waals surface area contributed by atoms with E-state index >= 15 is 0 Å². The van der Waals surface area contributed by atoms with Gasteiger partial charge in [-0.15, -0.1) is 0 Å². The van der Waals surface area contributed by atoms with Gasteiger partial charge in [0.05, 0.1) is 6.26 Å². The van der Waals surface area contributed by atoms with Crippen molar-refractivity contribution in [2.24, 2.45) is 7.05 Å². The number of hydrogen-bond acceptors (Lipinski definition) is 6. The normalized spacial score (nSPS) is 12.3. The zero-order valence-electron chi connectivity index (χ0n) is 19.4. The first-order chi connectivity index (χ1) is 17.1. The van der Waals surface area contributed by atoms with Gasteiger partial charge in [-0.25, -0.2) is 9.97 Å². The van der Waals surface area contributed by atoms with Gasteiger partial charge in [-0.1, -0.05) is 36.4 Å². The van der Waals surface area contributed by atoms with Crippen LogP contribution in [0.15, 0.2) is 89.7 Å². The van der Waals surface area contributed by atoms with Gasteiger partial charge < -0.3 is 15.5 Å². The van der Waals surface area contributed by atoms with E-state index in [-0.39, 0.29) is 6.04 Å². The van der Waals surface area contributed by atoms with E-state index in [0.717, 1.165) is 49.9 Å². The van der Waals surface area contributed by atoms with Gasteiger partial charge in [-0.05, 0) is 59.8 Å². The maximum Gasteiger partial charge on any atom is 0.181 e. The topological polar surface area (TPSA) is 94.8 Å². The van der Waals surface area contributed by atoms with Gasteiger partial charge in [-0.3, -0.25) is 4.68 Å². The van der Waals surface area contributed by atoms with E-state index in [1.54, 1.807) is 12.5 Å². The fourth-order valence-corrected chi connectivity index (χ4v) is 4.47. The van der Waals surface area contributed by atoms with Crippen molar-refractivity contribution in [1.82, 2.24) is 19.7 Å². The SMILES string of the molecule is Cc1coc2ccc(C(Nc3ccc4c(N)nccc4c3)c3nc(-c4ccccc4)nn3C)cc12. The first-order valence-electron chi connectivity index (χ1n) is 11.4. The number of anilines is 2.